The molecule has 0 spiro atoms. The van der Waals surface area contributed by atoms with Gasteiger partial charge in [-0.2, -0.15) is 0 Å². The fourth-order valence-corrected chi connectivity index (χ4v) is 3.09. The molecule has 3 N–H and O–H groups in total. The lowest BCUT2D eigenvalue weighted by Gasteiger charge is -2.26. The van der Waals surface area contributed by atoms with Crippen molar-refractivity contribution in [2.75, 3.05) is 18.6 Å². The van der Waals surface area contributed by atoms with E-state index in [0.29, 0.717) is 11.6 Å². The minimum absolute atomic E-state index is 0.0898. The molecule has 1 rings (SSSR count). The van der Waals surface area contributed by atoms with Crippen molar-refractivity contribution in [2.24, 2.45) is 11.1 Å². The van der Waals surface area contributed by atoms with Gasteiger partial charge in [0.15, 0.2) is 0 Å². The summed E-state index contributed by atoms with van der Waals surface area (Å²) >= 11 is 5.98. The van der Waals surface area contributed by atoms with Gasteiger partial charge in [-0.1, -0.05) is 37.6 Å². The van der Waals surface area contributed by atoms with Crippen molar-refractivity contribution < 1.29 is 13.2 Å². The maximum Gasteiger partial charge on any atom is 0.236 e. The Kier molecular flexibility index (Phi) is 7.04. The quantitative estimate of drug-likeness (QED) is 0.739. The second kappa shape index (κ2) is 8.13. The van der Waals surface area contributed by atoms with Gasteiger partial charge in [0, 0.05) is 17.8 Å². The van der Waals surface area contributed by atoms with Crippen LogP contribution in [-0.4, -0.2) is 38.9 Å². The van der Waals surface area contributed by atoms with Crippen molar-refractivity contribution in [3.05, 3.63) is 34.9 Å². The van der Waals surface area contributed by atoms with Gasteiger partial charge in [0.1, 0.15) is 9.84 Å². The molecule has 1 aromatic carbocycles. The monoisotopic (exact) mass is 360 g/mol. The lowest BCUT2D eigenvalue weighted by atomic mass is 9.85. The third-order valence-corrected chi connectivity index (χ3v) is 4.66. The highest BCUT2D eigenvalue weighted by Gasteiger charge is 2.22. The molecule has 23 heavy (non-hydrogen) atoms. The molecule has 1 atom stereocenters. The Morgan fingerprint density at radius 1 is 1.39 bits per heavy atom. The number of halogens is 1. The van der Waals surface area contributed by atoms with E-state index in [-0.39, 0.29) is 23.5 Å². The number of amides is 1. The average molecular weight is 361 g/mol. The maximum atomic E-state index is 12.0. The number of carbonyl (C=O) groups excluding carboxylic acids is 1. The van der Waals surface area contributed by atoms with E-state index in [0.717, 1.165) is 18.2 Å². The number of nitrogens with two attached hydrogens (primary N) is 1. The van der Waals surface area contributed by atoms with Crippen LogP contribution in [0.1, 0.15) is 25.8 Å². The van der Waals surface area contributed by atoms with Crippen LogP contribution in [0.4, 0.5) is 0 Å². The highest BCUT2D eigenvalue weighted by atomic mass is 35.5. The third-order valence-electron chi connectivity index (χ3n) is 3.45. The zero-order valence-corrected chi connectivity index (χ0v) is 15.4. The molecule has 0 aliphatic rings. The SMILES string of the molecule is CC(C)(CNC(=O)C(N)CCS(C)(=O)=O)Cc1cccc(Cl)c1. The molecule has 0 saturated carbocycles. The summed E-state index contributed by atoms with van der Waals surface area (Å²) in [5.41, 5.74) is 6.66. The minimum Gasteiger partial charge on any atom is -0.354 e. The van der Waals surface area contributed by atoms with Crippen LogP contribution in [0.3, 0.4) is 0 Å². The van der Waals surface area contributed by atoms with Gasteiger partial charge in [-0.3, -0.25) is 4.79 Å². The first-order valence-electron chi connectivity index (χ1n) is 7.44. The van der Waals surface area contributed by atoms with E-state index < -0.39 is 15.9 Å². The third kappa shape index (κ3) is 8.34. The Hall–Kier alpha value is -1.11. The van der Waals surface area contributed by atoms with Crippen molar-refractivity contribution in [1.29, 1.82) is 0 Å². The lowest BCUT2D eigenvalue weighted by Crippen LogP contribution is -2.45. The molecule has 1 unspecified atom stereocenters. The summed E-state index contributed by atoms with van der Waals surface area (Å²) in [6.07, 6.45) is 2.01. The van der Waals surface area contributed by atoms with E-state index in [2.05, 4.69) is 5.32 Å². The van der Waals surface area contributed by atoms with Gasteiger partial charge in [0.25, 0.3) is 0 Å². The summed E-state index contributed by atoms with van der Waals surface area (Å²) in [5.74, 6) is -0.416. The first-order chi connectivity index (χ1) is 10.5. The number of hydrogen-bond acceptors (Lipinski definition) is 4. The molecule has 0 aliphatic carbocycles. The van der Waals surface area contributed by atoms with Gasteiger partial charge < -0.3 is 11.1 Å². The predicted molar refractivity (Wildman–Crippen MR) is 94.2 cm³/mol. The standard InChI is InChI=1S/C16H25ClN2O3S/c1-16(2,10-12-5-4-6-13(17)9-12)11-19-15(20)14(18)7-8-23(3,21)22/h4-6,9,14H,7-8,10-11,18H2,1-3H3,(H,19,20). The van der Waals surface area contributed by atoms with Gasteiger partial charge in [0.05, 0.1) is 11.8 Å². The zero-order chi connectivity index (χ0) is 17.7. The number of hydrogen-bond donors (Lipinski definition) is 2. The number of nitrogens with one attached hydrogen (secondary N) is 1. The summed E-state index contributed by atoms with van der Waals surface area (Å²) in [5, 5.41) is 3.49. The second-order valence-corrected chi connectivity index (χ2v) is 9.41. The number of rotatable bonds is 8. The van der Waals surface area contributed by atoms with E-state index in [9.17, 15) is 13.2 Å². The van der Waals surface area contributed by atoms with Gasteiger partial charge in [0.2, 0.25) is 5.91 Å². The van der Waals surface area contributed by atoms with E-state index >= 15 is 0 Å². The Bertz CT molecular complexity index is 644. The molecule has 5 nitrogen and oxygen atoms in total. The van der Waals surface area contributed by atoms with Crippen LogP contribution in [0.5, 0.6) is 0 Å². The molecule has 0 aromatic heterocycles. The van der Waals surface area contributed by atoms with Crippen molar-refractivity contribution in [2.45, 2.75) is 32.7 Å². The Morgan fingerprint density at radius 3 is 2.61 bits per heavy atom. The lowest BCUT2D eigenvalue weighted by molar-refractivity contribution is -0.122. The molecular formula is C16H25ClN2O3S. The summed E-state index contributed by atoms with van der Waals surface area (Å²) in [7, 11) is -3.11. The largest absolute Gasteiger partial charge is 0.354 e. The first-order valence-corrected chi connectivity index (χ1v) is 9.88. The van der Waals surface area contributed by atoms with Crippen LogP contribution in [0.15, 0.2) is 24.3 Å². The van der Waals surface area contributed by atoms with Crippen molar-refractivity contribution in [3.8, 4) is 0 Å². The van der Waals surface area contributed by atoms with Gasteiger partial charge >= 0.3 is 0 Å². The van der Waals surface area contributed by atoms with E-state index in [1.165, 1.54) is 0 Å². The molecule has 1 aromatic rings. The van der Waals surface area contributed by atoms with Crippen LogP contribution in [0, 0.1) is 5.41 Å². The maximum absolute atomic E-state index is 12.0. The summed E-state index contributed by atoms with van der Waals surface area (Å²) in [4.78, 5) is 12.0. The number of carbonyl (C=O) groups is 1. The highest BCUT2D eigenvalue weighted by Crippen LogP contribution is 2.22. The fraction of sp³-hybridized carbons (Fsp3) is 0.562. The van der Waals surface area contributed by atoms with E-state index in [4.69, 9.17) is 17.3 Å². The Labute approximate surface area is 143 Å². The smallest absolute Gasteiger partial charge is 0.236 e. The van der Waals surface area contributed by atoms with Gasteiger partial charge in [-0.05, 0) is 36.0 Å². The number of benzene rings is 1. The summed E-state index contributed by atoms with van der Waals surface area (Å²) < 4.78 is 22.2. The Balaban J connectivity index is 2.50. The van der Waals surface area contributed by atoms with E-state index in [1.54, 1.807) is 0 Å². The predicted octanol–water partition coefficient (Wildman–Crippen LogP) is 1.79. The molecule has 0 aliphatic heterocycles. The molecule has 0 radical (unpaired) electrons. The summed E-state index contributed by atoms with van der Waals surface area (Å²) in [6.45, 7) is 4.53. The molecule has 0 heterocycles. The van der Waals surface area contributed by atoms with Gasteiger partial charge in [-0.15, -0.1) is 0 Å². The molecular weight excluding hydrogens is 336 g/mol. The highest BCUT2D eigenvalue weighted by molar-refractivity contribution is 7.90. The molecule has 7 heteroatoms. The number of sulfone groups is 1. The molecule has 130 valence electrons. The zero-order valence-electron chi connectivity index (χ0n) is 13.8. The first kappa shape index (κ1) is 19.9. The van der Waals surface area contributed by atoms with Crippen LogP contribution in [-0.2, 0) is 21.1 Å². The summed E-state index contributed by atoms with van der Waals surface area (Å²) in [6, 6.07) is 6.80. The molecule has 0 bridgehead atoms. The van der Waals surface area contributed by atoms with Crippen LogP contribution < -0.4 is 11.1 Å². The van der Waals surface area contributed by atoms with Crippen molar-refractivity contribution in [3.63, 3.8) is 0 Å². The fourth-order valence-electron chi connectivity index (χ4n) is 2.19. The van der Waals surface area contributed by atoms with Crippen molar-refractivity contribution >= 4 is 27.3 Å². The van der Waals surface area contributed by atoms with Crippen LogP contribution >= 0.6 is 11.6 Å². The Morgan fingerprint density at radius 2 is 2.04 bits per heavy atom. The van der Waals surface area contributed by atoms with Crippen LogP contribution in [0.25, 0.3) is 0 Å². The average Bonchev–Trinajstić information content (AvgIpc) is 2.41. The molecule has 0 saturated heterocycles. The minimum atomic E-state index is -3.11. The molecule has 0 fully saturated rings. The van der Waals surface area contributed by atoms with Crippen molar-refractivity contribution in [1.82, 2.24) is 5.32 Å². The second-order valence-electron chi connectivity index (χ2n) is 6.71. The molecule has 1 amide bonds. The topological polar surface area (TPSA) is 89.3 Å². The van der Waals surface area contributed by atoms with Crippen LogP contribution in [0.2, 0.25) is 5.02 Å². The van der Waals surface area contributed by atoms with Gasteiger partial charge in [-0.25, -0.2) is 8.42 Å². The van der Waals surface area contributed by atoms with E-state index in [1.807, 2.05) is 38.1 Å². The normalized spacial score (nSPS) is 13.6.